The first-order valence-electron chi connectivity index (χ1n) is 9.38. The van der Waals surface area contributed by atoms with Crippen molar-refractivity contribution in [3.8, 4) is 0 Å². The SMILES string of the molecule is O=C1Nc2ccc(Cc3ccc(CN4CCOCC4)nc3)c3cccc1c23. The Balaban J connectivity index is 1.38. The van der Waals surface area contributed by atoms with Crippen molar-refractivity contribution in [2.45, 2.75) is 13.0 Å². The Morgan fingerprint density at radius 2 is 1.96 bits per heavy atom. The van der Waals surface area contributed by atoms with E-state index < -0.39 is 0 Å². The van der Waals surface area contributed by atoms with Gasteiger partial charge in [0.2, 0.25) is 0 Å². The lowest BCUT2D eigenvalue weighted by molar-refractivity contribution is 0.0336. The van der Waals surface area contributed by atoms with Crippen molar-refractivity contribution < 1.29 is 9.53 Å². The molecule has 136 valence electrons. The molecule has 1 fully saturated rings. The number of hydrogen-bond donors (Lipinski definition) is 1. The van der Waals surface area contributed by atoms with Crippen LogP contribution < -0.4 is 5.32 Å². The highest BCUT2D eigenvalue weighted by Crippen LogP contribution is 2.35. The van der Waals surface area contributed by atoms with E-state index in [1.807, 2.05) is 24.4 Å². The van der Waals surface area contributed by atoms with Gasteiger partial charge in [-0.15, -0.1) is 0 Å². The van der Waals surface area contributed by atoms with Crippen LogP contribution in [0.1, 0.15) is 27.2 Å². The molecule has 1 N–H and O–H groups in total. The summed E-state index contributed by atoms with van der Waals surface area (Å²) in [5.74, 6) is -0.0121. The Morgan fingerprint density at radius 3 is 2.78 bits per heavy atom. The van der Waals surface area contributed by atoms with Gasteiger partial charge < -0.3 is 10.1 Å². The number of benzene rings is 2. The second kappa shape index (κ2) is 6.76. The molecule has 5 rings (SSSR count). The average molecular weight is 359 g/mol. The predicted molar refractivity (Wildman–Crippen MR) is 105 cm³/mol. The number of amides is 1. The Kier molecular flexibility index (Phi) is 4.11. The summed E-state index contributed by atoms with van der Waals surface area (Å²) < 4.78 is 5.40. The molecule has 5 nitrogen and oxygen atoms in total. The Bertz CT molecular complexity index is 1010. The first-order chi connectivity index (χ1) is 13.3. The number of nitrogens with zero attached hydrogens (tertiary/aromatic N) is 2. The fourth-order valence-corrected chi connectivity index (χ4v) is 3.97. The van der Waals surface area contributed by atoms with Crippen molar-refractivity contribution in [3.63, 3.8) is 0 Å². The summed E-state index contributed by atoms with van der Waals surface area (Å²) in [5.41, 5.74) is 5.17. The zero-order valence-corrected chi connectivity index (χ0v) is 15.1. The lowest BCUT2D eigenvalue weighted by atomic mass is 9.96. The lowest BCUT2D eigenvalue weighted by Crippen LogP contribution is -2.35. The van der Waals surface area contributed by atoms with E-state index in [-0.39, 0.29) is 5.91 Å². The van der Waals surface area contributed by atoms with Crippen LogP contribution in [-0.2, 0) is 17.7 Å². The molecule has 5 heteroatoms. The molecule has 2 aliphatic rings. The molecule has 2 aliphatic heterocycles. The Labute approximate surface area is 158 Å². The van der Waals surface area contributed by atoms with E-state index in [4.69, 9.17) is 4.74 Å². The number of rotatable bonds is 4. The average Bonchev–Trinajstić information content (AvgIpc) is 3.04. The van der Waals surface area contributed by atoms with Crippen LogP contribution in [0.15, 0.2) is 48.7 Å². The largest absolute Gasteiger partial charge is 0.379 e. The number of carbonyl (C=O) groups excluding carboxylic acids is 1. The van der Waals surface area contributed by atoms with Crippen molar-refractivity contribution in [2.24, 2.45) is 0 Å². The summed E-state index contributed by atoms with van der Waals surface area (Å²) in [7, 11) is 0. The van der Waals surface area contributed by atoms with E-state index in [0.29, 0.717) is 0 Å². The van der Waals surface area contributed by atoms with Crippen LogP contribution in [0.2, 0.25) is 0 Å². The molecule has 1 aromatic heterocycles. The van der Waals surface area contributed by atoms with Crippen molar-refractivity contribution in [3.05, 3.63) is 71.0 Å². The normalized spacial score (nSPS) is 16.7. The summed E-state index contributed by atoms with van der Waals surface area (Å²) in [5, 5.41) is 5.12. The van der Waals surface area contributed by atoms with Gasteiger partial charge in [0, 0.05) is 42.5 Å². The van der Waals surface area contributed by atoms with Crippen molar-refractivity contribution in [2.75, 3.05) is 31.6 Å². The first kappa shape index (κ1) is 16.4. The topological polar surface area (TPSA) is 54.5 Å². The number of aromatic nitrogens is 1. The second-order valence-corrected chi connectivity index (χ2v) is 7.18. The second-order valence-electron chi connectivity index (χ2n) is 7.18. The van der Waals surface area contributed by atoms with Crippen LogP contribution in [-0.4, -0.2) is 42.1 Å². The Hall–Kier alpha value is -2.76. The maximum absolute atomic E-state index is 12.1. The van der Waals surface area contributed by atoms with Gasteiger partial charge in [-0.05, 0) is 41.1 Å². The summed E-state index contributed by atoms with van der Waals surface area (Å²) in [4.78, 5) is 19.1. The van der Waals surface area contributed by atoms with Gasteiger partial charge in [0.25, 0.3) is 5.91 Å². The Morgan fingerprint density at radius 1 is 1.07 bits per heavy atom. The third-order valence-corrected chi connectivity index (χ3v) is 5.39. The number of carbonyl (C=O) groups is 1. The quantitative estimate of drug-likeness (QED) is 0.777. The molecule has 3 heterocycles. The van der Waals surface area contributed by atoms with Gasteiger partial charge in [-0.2, -0.15) is 0 Å². The third-order valence-electron chi connectivity index (χ3n) is 5.39. The minimum absolute atomic E-state index is 0.0121. The molecule has 0 aliphatic carbocycles. The summed E-state index contributed by atoms with van der Waals surface area (Å²) in [6.07, 6.45) is 2.78. The van der Waals surface area contributed by atoms with E-state index in [1.165, 1.54) is 11.1 Å². The van der Waals surface area contributed by atoms with E-state index in [9.17, 15) is 4.79 Å². The number of morpholine rings is 1. The number of nitrogens with one attached hydrogen (secondary N) is 1. The number of hydrogen-bond acceptors (Lipinski definition) is 4. The van der Waals surface area contributed by atoms with Gasteiger partial charge in [0.1, 0.15) is 0 Å². The van der Waals surface area contributed by atoms with Crippen LogP contribution in [0.3, 0.4) is 0 Å². The summed E-state index contributed by atoms with van der Waals surface area (Å²) in [6, 6.07) is 14.3. The molecule has 2 aromatic carbocycles. The third kappa shape index (κ3) is 3.09. The molecule has 1 saturated heterocycles. The molecule has 0 bridgehead atoms. The standard InChI is InChI=1S/C22H21N3O2/c26-22-19-3-1-2-18-16(5-7-20(24-22)21(18)19)12-15-4-6-17(23-13-15)14-25-8-10-27-11-9-25/h1-7,13H,8-12,14H2,(H,24,26). The monoisotopic (exact) mass is 359 g/mol. The van der Waals surface area contributed by atoms with Gasteiger partial charge >= 0.3 is 0 Å². The van der Waals surface area contributed by atoms with Crippen molar-refractivity contribution in [1.29, 1.82) is 0 Å². The molecule has 0 saturated carbocycles. The van der Waals surface area contributed by atoms with Crippen LogP contribution in [0.5, 0.6) is 0 Å². The zero-order valence-electron chi connectivity index (χ0n) is 15.1. The fourth-order valence-electron chi connectivity index (χ4n) is 3.97. The van der Waals surface area contributed by atoms with Crippen LogP contribution in [0.4, 0.5) is 5.69 Å². The minimum Gasteiger partial charge on any atom is -0.379 e. The fraction of sp³-hybridized carbons (Fsp3) is 0.273. The van der Waals surface area contributed by atoms with Gasteiger partial charge in [-0.3, -0.25) is 14.7 Å². The number of ether oxygens (including phenoxy) is 1. The van der Waals surface area contributed by atoms with Crippen molar-refractivity contribution in [1.82, 2.24) is 9.88 Å². The molecule has 3 aromatic rings. The molecule has 0 radical (unpaired) electrons. The molecule has 1 amide bonds. The highest BCUT2D eigenvalue weighted by molar-refractivity contribution is 6.24. The van der Waals surface area contributed by atoms with E-state index in [1.54, 1.807) is 0 Å². The molecular weight excluding hydrogens is 338 g/mol. The first-order valence-corrected chi connectivity index (χ1v) is 9.38. The molecule has 0 spiro atoms. The minimum atomic E-state index is -0.0121. The molecule has 0 atom stereocenters. The van der Waals surface area contributed by atoms with Crippen LogP contribution in [0.25, 0.3) is 10.8 Å². The van der Waals surface area contributed by atoms with Crippen molar-refractivity contribution >= 4 is 22.4 Å². The predicted octanol–water partition coefficient (Wildman–Crippen LogP) is 3.22. The lowest BCUT2D eigenvalue weighted by Gasteiger charge is -2.26. The maximum atomic E-state index is 12.1. The van der Waals surface area contributed by atoms with Crippen LogP contribution >= 0.6 is 0 Å². The molecule has 0 unspecified atom stereocenters. The number of anilines is 1. The number of pyridine rings is 1. The zero-order chi connectivity index (χ0) is 18.2. The van der Waals surface area contributed by atoms with E-state index in [0.717, 1.165) is 67.0 Å². The van der Waals surface area contributed by atoms with Gasteiger partial charge in [-0.25, -0.2) is 0 Å². The van der Waals surface area contributed by atoms with Gasteiger partial charge in [0.05, 0.1) is 18.9 Å². The van der Waals surface area contributed by atoms with Gasteiger partial charge in [-0.1, -0.05) is 24.3 Å². The summed E-state index contributed by atoms with van der Waals surface area (Å²) >= 11 is 0. The van der Waals surface area contributed by atoms with Crippen LogP contribution in [0, 0.1) is 0 Å². The van der Waals surface area contributed by atoms with E-state index >= 15 is 0 Å². The summed E-state index contributed by atoms with van der Waals surface area (Å²) in [6.45, 7) is 4.42. The highest BCUT2D eigenvalue weighted by atomic mass is 16.5. The maximum Gasteiger partial charge on any atom is 0.256 e. The molecule has 27 heavy (non-hydrogen) atoms. The van der Waals surface area contributed by atoms with E-state index in [2.05, 4.69) is 39.5 Å². The smallest absolute Gasteiger partial charge is 0.256 e. The highest BCUT2D eigenvalue weighted by Gasteiger charge is 2.22. The van der Waals surface area contributed by atoms with Gasteiger partial charge in [0.15, 0.2) is 0 Å². The molecular formula is C22H21N3O2.